The lowest BCUT2D eigenvalue weighted by atomic mass is 10.3. The minimum Gasteiger partial charge on any atom is -0.473 e. The summed E-state index contributed by atoms with van der Waals surface area (Å²) in [6.45, 7) is 5.32. The van der Waals surface area contributed by atoms with Crippen molar-refractivity contribution in [3.05, 3.63) is 57.2 Å². The highest BCUT2D eigenvalue weighted by atomic mass is 16.4. The van der Waals surface area contributed by atoms with Gasteiger partial charge in [0.05, 0.1) is 0 Å². The zero-order chi connectivity index (χ0) is 23.0. The fourth-order valence-electron chi connectivity index (χ4n) is 3.14. The van der Waals surface area contributed by atoms with Crippen LogP contribution in [0.4, 0.5) is 11.5 Å². The van der Waals surface area contributed by atoms with Gasteiger partial charge in [0.25, 0.3) is 5.56 Å². The second-order valence-electron chi connectivity index (χ2n) is 6.97. The third-order valence-corrected chi connectivity index (χ3v) is 4.91. The quantitative estimate of drug-likeness (QED) is 0.532. The van der Waals surface area contributed by atoms with Crippen molar-refractivity contribution in [2.45, 2.75) is 0 Å². The molecule has 2 aromatic rings. The summed E-state index contributed by atoms with van der Waals surface area (Å²) in [5, 5.41) is 18.2. The van der Waals surface area contributed by atoms with Crippen molar-refractivity contribution in [3.63, 3.8) is 0 Å². The van der Waals surface area contributed by atoms with Crippen LogP contribution in [0.15, 0.2) is 46.0 Å². The average molecular weight is 433 g/mol. The molecule has 1 fully saturated rings. The average Bonchev–Trinajstić information content (AvgIpc) is 2.76. The molecule has 1 aromatic heterocycles. The molecule has 0 aliphatic carbocycles. The predicted molar refractivity (Wildman–Crippen MR) is 116 cm³/mol. The zero-order valence-corrected chi connectivity index (χ0v) is 17.5. The van der Waals surface area contributed by atoms with Crippen molar-refractivity contribution in [1.82, 2.24) is 14.0 Å². The number of hydrogen-bond acceptors (Lipinski definition) is 7. The molecule has 0 spiro atoms. The molecule has 1 saturated heterocycles. The molecule has 3 rings (SSSR count). The van der Waals surface area contributed by atoms with Crippen molar-refractivity contribution in [3.8, 4) is 0 Å². The Morgan fingerprint density at radius 2 is 1.52 bits per heavy atom. The molecule has 0 unspecified atom stereocenters. The SMILES string of the molecule is Cn1c(N2CCN(CCNc3ccccc3)CC2)cc(=O)n(C)c1=O.O=C(O)C(=O)O. The van der Waals surface area contributed by atoms with Crippen LogP contribution >= 0.6 is 0 Å². The molecule has 2 heterocycles. The Bertz CT molecular complexity index is 997. The molecule has 1 aromatic carbocycles. The molecule has 11 nitrogen and oxygen atoms in total. The van der Waals surface area contributed by atoms with Gasteiger partial charge in [-0.15, -0.1) is 0 Å². The summed E-state index contributed by atoms with van der Waals surface area (Å²) < 4.78 is 2.68. The largest absolute Gasteiger partial charge is 0.473 e. The van der Waals surface area contributed by atoms with Gasteiger partial charge in [0, 0.05) is 65.1 Å². The molecule has 1 aliphatic rings. The van der Waals surface area contributed by atoms with Gasteiger partial charge in [-0.25, -0.2) is 14.4 Å². The summed E-state index contributed by atoms with van der Waals surface area (Å²) in [4.78, 5) is 46.7. The van der Waals surface area contributed by atoms with Gasteiger partial charge in [0.1, 0.15) is 5.82 Å². The Morgan fingerprint density at radius 3 is 2.06 bits per heavy atom. The Hall–Kier alpha value is -3.60. The maximum atomic E-state index is 12.1. The maximum Gasteiger partial charge on any atom is 0.414 e. The Labute approximate surface area is 178 Å². The topological polar surface area (TPSA) is 137 Å². The number of benzene rings is 1. The molecule has 0 radical (unpaired) electrons. The highest BCUT2D eigenvalue weighted by Gasteiger charge is 2.19. The summed E-state index contributed by atoms with van der Waals surface area (Å²) in [5.74, 6) is -2.94. The first-order valence-electron chi connectivity index (χ1n) is 9.70. The monoisotopic (exact) mass is 433 g/mol. The van der Waals surface area contributed by atoms with Crippen LogP contribution in [0, 0.1) is 0 Å². The van der Waals surface area contributed by atoms with Gasteiger partial charge in [0.2, 0.25) is 0 Å². The van der Waals surface area contributed by atoms with Crippen LogP contribution in [0.5, 0.6) is 0 Å². The minimum atomic E-state index is -1.82. The van der Waals surface area contributed by atoms with E-state index in [-0.39, 0.29) is 11.2 Å². The zero-order valence-electron chi connectivity index (χ0n) is 17.5. The molecular weight excluding hydrogens is 406 g/mol. The summed E-state index contributed by atoms with van der Waals surface area (Å²) in [6, 6.07) is 11.7. The summed E-state index contributed by atoms with van der Waals surface area (Å²) in [6.07, 6.45) is 0. The van der Waals surface area contributed by atoms with Gasteiger partial charge in [-0.1, -0.05) is 18.2 Å². The number of para-hydroxylation sites is 1. The van der Waals surface area contributed by atoms with Crippen LogP contribution in [0.1, 0.15) is 0 Å². The third-order valence-electron chi connectivity index (χ3n) is 4.91. The molecule has 0 saturated carbocycles. The molecule has 11 heteroatoms. The van der Waals surface area contributed by atoms with Crippen molar-refractivity contribution in [2.24, 2.45) is 14.1 Å². The van der Waals surface area contributed by atoms with Gasteiger partial charge in [-0.05, 0) is 12.1 Å². The Morgan fingerprint density at radius 1 is 0.935 bits per heavy atom. The molecule has 168 valence electrons. The molecule has 1 aliphatic heterocycles. The number of carboxylic acid groups (broad SMARTS) is 2. The van der Waals surface area contributed by atoms with Crippen molar-refractivity contribution in [2.75, 3.05) is 49.5 Å². The number of rotatable bonds is 5. The summed E-state index contributed by atoms with van der Waals surface area (Å²) in [5.41, 5.74) is 0.598. The number of carboxylic acids is 2. The van der Waals surface area contributed by atoms with Crippen LogP contribution in [-0.4, -0.2) is 75.5 Å². The summed E-state index contributed by atoms with van der Waals surface area (Å²) in [7, 11) is 3.22. The van der Waals surface area contributed by atoms with E-state index in [2.05, 4.69) is 27.2 Å². The second kappa shape index (κ2) is 11.0. The Kier molecular flexibility index (Phi) is 8.38. The van der Waals surface area contributed by atoms with Gasteiger partial charge in [-0.3, -0.25) is 18.8 Å². The maximum absolute atomic E-state index is 12.1. The number of nitrogens with one attached hydrogen (secondary N) is 1. The lowest BCUT2D eigenvalue weighted by molar-refractivity contribution is -0.159. The first-order chi connectivity index (χ1) is 14.7. The van der Waals surface area contributed by atoms with Gasteiger partial charge >= 0.3 is 17.6 Å². The molecular formula is C20H27N5O6. The summed E-state index contributed by atoms with van der Waals surface area (Å²) >= 11 is 0. The molecule has 31 heavy (non-hydrogen) atoms. The Balaban J connectivity index is 0.000000501. The van der Waals surface area contributed by atoms with E-state index < -0.39 is 11.9 Å². The van der Waals surface area contributed by atoms with E-state index in [1.54, 1.807) is 17.7 Å². The van der Waals surface area contributed by atoms with E-state index in [1.165, 1.54) is 7.05 Å². The molecule has 3 N–H and O–H groups in total. The number of anilines is 2. The van der Waals surface area contributed by atoms with Gasteiger partial charge < -0.3 is 20.4 Å². The highest BCUT2D eigenvalue weighted by Crippen LogP contribution is 2.12. The van der Waals surface area contributed by atoms with E-state index in [1.807, 2.05) is 18.2 Å². The predicted octanol–water partition coefficient (Wildman–Crippen LogP) is -0.526. The smallest absolute Gasteiger partial charge is 0.414 e. The highest BCUT2D eigenvalue weighted by molar-refractivity contribution is 6.27. The first-order valence-corrected chi connectivity index (χ1v) is 9.70. The van der Waals surface area contributed by atoms with Crippen LogP contribution < -0.4 is 21.5 Å². The first kappa shape index (κ1) is 23.7. The van der Waals surface area contributed by atoms with Crippen LogP contribution in [0.3, 0.4) is 0 Å². The second-order valence-corrected chi connectivity index (χ2v) is 6.97. The van der Waals surface area contributed by atoms with Crippen LogP contribution in [-0.2, 0) is 23.7 Å². The van der Waals surface area contributed by atoms with Crippen molar-refractivity contribution in [1.29, 1.82) is 0 Å². The normalized spacial score (nSPS) is 13.8. The fraction of sp³-hybridized carbons (Fsp3) is 0.400. The van der Waals surface area contributed by atoms with E-state index >= 15 is 0 Å². The minimum absolute atomic E-state index is 0.257. The van der Waals surface area contributed by atoms with Crippen molar-refractivity contribution >= 4 is 23.4 Å². The van der Waals surface area contributed by atoms with E-state index in [9.17, 15) is 9.59 Å². The standard InChI is InChI=1S/C18H25N5O2.C2H2O4/c1-20-16(14-17(24)21(2)18(20)25)23-12-10-22(11-13-23)9-8-19-15-6-4-3-5-7-15;3-1(4)2(5)6/h3-7,14,19H,8-13H2,1-2H3;(H,3,4)(H,5,6). The van der Waals surface area contributed by atoms with Gasteiger partial charge in [-0.2, -0.15) is 0 Å². The van der Waals surface area contributed by atoms with E-state index in [4.69, 9.17) is 19.8 Å². The number of aliphatic carboxylic acids is 2. The van der Waals surface area contributed by atoms with Crippen LogP contribution in [0.25, 0.3) is 0 Å². The molecule has 0 amide bonds. The fourth-order valence-corrected chi connectivity index (χ4v) is 3.14. The van der Waals surface area contributed by atoms with E-state index in [0.29, 0.717) is 5.82 Å². The molecule has 0 bridgehead atoms. The number of piperazine rings is 1. The number of nitrogens with zero attached hydrogens (tertiary/aromatic N) is 4. The van der Waals surface area contributed by atoms with Crippen LogP contribution in [0.2, 0.25) is 0 Å². The lowest BCUT2D eigenvalue weighted by Gasteiger charge is -2.36. The molecule has 0 atom stereocenters. The number of carbonyl (C=O) groups is 2. The third kappa shape index (κ3) is 6.71. The van der Waals surface area contributed by atoms with Crippen molar-refractivity contribution < 1.29 is 19.8 Å². The number of hydrogen-bond donors (Lipinski definition) is 3. The lowest BCUT2D eigenvalue weighted by Crippen LogP contribution is -2.50. The van der Waals surface area contributed by atoms with E-state index in [0.717, 1.165) is 49.5 Å². The van der Waals surface area contributed by atoms with Gasteiger partial charge in [0.15, 0.2) is 0 Å². The number of aromatic nitrogens is 2.